The topological polar surface area (TPSA) is 92.2 Å². The second-order valence-electron chi connectivity index (χ2n) is 6.45. The minimum Gasteiger partial charge on any atom is -0.490 e. The predicted octanol–water partition coefficient (Wildman–Crippen LogP) is 3.91. The lowest BCUT2D eigenvalue weighted by molar-refractivity contribution is 0.0697. The van der Waals surface area contributed by atoms with Gasteiger partial charge in [-0.05, 0) is 67.9 Å². The normalized spacial score (nSPS) is 10.5. The largest absolute Gasteiger partial charge is 0.490 e. The van der Waals surface area contributed by atoms with Crippen LogP contribution in [0.25, 0.3) is 0 Å². The van der Waals surface area contributed by atoms with Crippen LogP contribution >= 0.6 is 12.2 Å². The monoisotopic (exact) mass is 441 g/mol. The number of aromatic carboxylic acids is 1. The highest BCUT2D eigenvalue weighted by molar-refractivity contribution is 7.80. The van der Waals surface area contributed by atoms with Gasteiger partial charge in [-0.15, -0.1) is 6.58 Å². The van der Waals surface area contributed by atoms with Crippen LogP contribution in [0.15, 0.2) is 54.2 Å². The van der Waals surface area contributed by atoms with Crippen LogP contribution in [-0.4, -0.2) is 35.6 Å². The number of carboxylic acids is 1. The van der Waals surface area contributed by atoms with E-state index in [1.807, 2.05) is 26.0 Å². The van der Waals surface area contributed by atoms with Crippen molar-refractivity contribution in [2.45, 2.75) is 26.9 Å². The smallest absolute Gasteiger partial charge is 0.335 e. The molecule has 3 N–H and O–H groups in total. The van der Waals surface area contributed by atoms with Gasteiger partial charge in [0.2, 0.25) is 0 Å². The van der Waals surface area contributed by atoms with E-state index in [-0.39, 0.29) is 12.2 Å². The molecular formula is C23H27N3O4S. The predicted molar refractivity (Wildman–Crippen MR) is 126 cm³/mol. The van der Waals surface area contributed by atoms with Crippen LogP contribution in [0.5, 0.6) is 11.5 Å². The summed E-state index contributed by atoms with van der Waals surface area (Å²) in [7, 11) is 0. The Bertz CT molecular complexity index is 943. The highest BCUT2D eigenvalue weighted by Crippen LogP contribution is 2.34. The minimum atomic E-state index is -0.961. The van der Waals surface area contributed by atoms with Crippen LogP contribution < -0.4 is 20.2 Å². The molecule has 164 valence electrons. The van der Waals surface area contributed by atoms with E-state index in [0.29, 0.717) is 36.2 Å². The summed E-state index contributed by atoms with van der Waals surface area (Å²) in [4.78, 5) is 11.0. The number of thiocarbonyl (C=S) groups is 1. The van der Waals surface area contributed by atoms with Crippen LogP contribution in [0.2, 0.25) is 0 Å². The van der Waals surface area contributed by atoms with Gasteiger partial charge in [0.05, 0.1) is 18.4 Å². The average Bonchev–Trinajstić information content (AvgIpc) is 2.74. The molecule has 0 fully saturated rings. The van der Waals surface area contributed by atoms with E-state index in [2.05, 4.69) is 22.4 Å². The summed E-state index contributed by atoms with van der Waals surface area (Å²) in [5.74, 6) is 0.259. The van der Waals surface area contributed by atoms with E-state index in [1.165, 1.54) is 0 Å². The molecule has 0 atom stereocenters. The lowest BCUT2D eigenvalue weighted by atomic mass is 10.1. The summed E-state index contributed by atoms with van der Waals surface area (Å²) in [6.07, 6.45) is 4.03. The van der Waals surface area contributed by atoms with Crippen molar-refractivity contribution in [2.24, 2.45) is 5.10 Å². The zero-order chi connectivity index (χ0) is 22.6. The molecular weight excluding hydrogens is 414 g/mol. The average molecular weight is 442 g/mol. The van der Waals surface area contributed by atoms with Crippen molar-refractivity contribution < 1.29 is 19.4 Å². The molecule has 0 amide bonds. The van der Waals surface area contributed by atoms with Crippen molar-refractivity contribution in [3.63, 3.8) is 0 Å². The van der Waals surface area contributed by atoms with Crippen molar-refractivity contribution in [2.75, 3.05) is 13.2 Å². The van der Waals surface area contributed by atoms with Gasteiger partial charge in [-0.2, -0.15) is 5.10 Å². The Hall–Kier alpha value is -3.39. The van der Waals surface area contributed by atoms with Gasteiger partial charge >= 0.3 is 5.97 Å². The third-order valence-electron chi connectivity index (χ3n) is 4.12. The first-order valence-electron chi connectivity index (χ1n) is 9.91. The summed E-state index contributed by atoms with van der Waals surface area (Å²) in [6.45, 7) is 9.14. The fourth-order valence-electron chi connectivity index (χ4n) is 2.76. The third-order valence-corrected chi connectivity index (χ3v) is 4.35. The number of carboxylic acid groups (broad SMARTS) is 1. The number of nitrogens with one attached hydrogen (secondary N) is 2. The number of nitrogens with zero attached hydrogens (tertiary/aromatic N) is 1. The summed E-state index contributed by atoms with van der Waals surface area (Å²) in [5, 5.41) is 16.6. The Labute approximate surface area is 187 Å². The van der Waals surface area contributed by atoms with Crippen molar-refractivity contribution >= 4 is 29.5 Å². The Morgan fingerprint density at radius 3 is 2.58 bits per heavy atom. The highest BCUT2D eigenvalue weighted by Gasteiger charge is 2.13. The fourth-order valence-corrected chi connectivity index (χ4v) is 2.95. The number of benzene rings is 2. The Balaban J connectivity index is 2.25. The third kappa shape index (κ3) is 7.42. The van der Waals surface area contributed by atoms with E-state index in [4.69, 9.17) is 26.8 Å². The van der Waals surface area contributed by atoms with Crippen LogP contribution in [-0.2, 0) is 13.0 Å². The van der Waals surface area contributed by atoms with Gasteiger partial charge in [-0.1, -0.05) is 18.2 Å². The van der Waals surface area contributed by atoms with Crippen molar-refractivity contribution in [1.29, 1.82) is 0 Å². The molecule has 0 spiro atoms. The number of rotatable bonds is 11. The van der Waals surface area contributed by atoms with Crippen molar-refractivity contribution in [1.82, 2.24) is 10.7 Å². The van der Waals surface area contributed by atoms with Gasteiger partial charge in [0.1, 0.15) is 6.61 Å². The molecule has 0 aliphatic rings. The Morgan fingerprint density at radius 2 is 1.97 bits per heavy atom. The first-order valence-corrected chi connectivity index (χ1v) is 10.3. The van der Waals surface area contributed by atoms with E-state index in [0.717, 1.165) is 16.7 Å². The Morgan fingerprint density at radius 1 is 1.23 bits per heavy atom. The van der Waals surface area contributed by atoms with Crippen molar-refractivity contribution in [3.05, 3.63) is 71.3 Å². The molecule has 0 aliphatic carbocycles. The molecule has 2 aromatic carbocycles. The van der Waals surface area contributed by atoms with Crippen LogP contribution in [0.4, 0.5) is 0 Å². The molecule has 0 aliphatic heterocycles. The van der Waals surface area contributed by atoms with Crippen LogP contribution in [0.3, 0.4) is 0 Å². The number of carbonyl (C=O) groups is 1. The number of hydrogen-bond acceptors (Lipinski definition) is 5. The molecule has 7 nitrogen and oxygen atoms in total. The first-order chi connectivity index (χ1) is 15.0. The van der Waals surface area contributed by atoms with Crippen LogP contribution in [0.1, 0.15) is 40.9 Å². The van der Waals surface area contributed by atoms with Gasteiger partial charge < -0.3 is 19.9 Å². The molecule has 0 heterocycles. The SMILES string of the molecule is C=CCc1cc(C=NNC(=S)NCC)cc(OCC)c1OCc1ccc(C(=O)O)cc1. The van der Waals surface area contributed by atoms with Gasteiger partial charge in [0, 0.05) is 12.1 Å². The molecule has 0 saturated carbocycles. The fraction of sp³-hybridized carbons (Fsp3) is 0.261. The van der Waals surface area contributed by atoms with Crippen LogP contribution in [0, 0.1) is 0 Å². The molecule has 0 aromatic heterocycles. The van der Waals surface area contributed by atoms with E-state index in [9.17, 15) is 4.79 Å². The lowest BCUT2D eigenvalue weighted by Crippen LogP contribution is -2.31. The van der Waals surface area contributed by atoms with E-state index >= 15 is 0 Å². The first kappa shape index (κ1) is 23.9. The number of allylic oxidation sites excluding steroid dienone is 1. The van der Waals surface area contributed by atoms with Gasteiger partial charge in [0.15, 0.2) is 16.6 Å². The maximum absolute atomic E-state index is 11.0. The van der Waals surface area contributed by atoms with Gasteiger partial charge in [0.25, 0.3) is 0 Å². The van der Waals surface area contributed by atoms with E-state index < -0.39 is 5.97 Å². The molecule has 0 radical (unpaired) electrons. The highest BCUT2D eigenvalue weighted by atomic mass is 32.1. The zero-order valence-electron chi connectivity index (χ0n) is 17.7. The van der Waals surface area contributed by atoms with Gasteiger partial charge in [-0.25, -0.2) is 4.79 Å². The molecule has 0 bridgehead atoms. The summed E-state index contributed by atoms with van der Waals surface area (Å²) in [6, 6.07) is 10.4. The zero-order valence-corrected chi connectivity index (χ0v) is 18.5. The second kappa shape index (κ2) is 12.3. The van der Waals surface area contributed by atoms with Crippen molar-refractivity contribution in [3.8, 4) is 11.5 Å². The Kier molecular flexibility index (Phi) is 9.51. The van der Waals surface area contributed by atoms with E-state index in [1.54, 1.807) is 36.6 Å². The van der Waals surface area contributed by atoms with Gasteiger partial charge in [-0.3, -0.25) is 5.43 Å². The summed E-state index contributed by atoms with van der Waals surface area (Å²) in [5.41, 5.74) is 5.57. The molecule has 2 aromatic rings. The quantitative estimate of drug-likeness (QED) is 0.211. The summed E-state index contributed by atoms with van der Waals surface area (Å²) < 4.78 is 11.9. The standard InChI is InChI=1S/C23H27N3O4S/c1-4-7-19-12-17(14-25-26-23(31)24-5-2)13-20(29-6-3)21(19)30-15-16-8-10-18(11-9-16)22(27)28/h4,8-14H,1,5-7,15H2,2-3H3,(H,27,28)(H2,24,26,31). The second-order valence-corrected chi connectivity index (χ2v) is 6.86. The number of ether oxygens (including phenoxy) is 2. The summed E-state index contributed by atoms with van der Waals surface area (Å²) >= 11 is 5.10. The molecule has 2 rings (SSSR count). The molecule has 0 unspecified atom stereocenters. The number of hydrogen-bond donors (Lipinski definition) is 3. The molecule has 31 heavy (non-hydrogen) atoms. The molecule has 8 heteroatoms. The number of hydrazone groups is 1. The molecule has 0 saturated heterocycles. The minimum absolute atomic E-state index is 0.233. The maximum atomic E-state index is 11.0. The lowest BCUT2D eigenvalue weighted by Gasteiger charge is -2.17. The maximum Gasteiger partial charge on any atom is 0.335 e.